The van der Waals surface area contributed by atoms with Gasteiger partial charge in [0, 0.05) is 15.4 Å². The Morgan fingerprint density at radius 3 is 1.75 bits per heavy atom. The van der Waals surface area contributed by atoms with Gasteiger partial charge < -0.3 is 24.1 Å². The number of para-hydroxylation sites is 2. The normalized spacial score (nSPS) is 8.85. The molecule has 0 saturated heterocycles. The molecule has 0 aliphatic carbocycles. The van der Waals surface area contributed by atoms with Gasteiger partial charge in [0.2, 0.25) is 0 Å². The molecule has 40 heavy (non-hydrogen) atoms. The van der Waals surface area contributed by atoms with Gasteiger partial charge in [-0.3, -0.25) is 9.59 Å². The molecule has 0 fully saturated rings. The van der Waals surface area contributed by atoms with Crippen molar-refractivity contribution in [2.45, 2.75) is 13.8 Å². The molecule has 0 amide bonds. The number of hydrogen-bond donors (Lipinski definition) is 0. The van der Waals surface area contributed by atoms with E-state index in [9.17, 15) is 14.4 Å². The predicted molar refractivity (Wildman–Crippen MR) is 142 cm³/mol. The minimum Gasteiger partial charge on any atom is -0.857 e. The number of benzene rings is 2. The van der Waals surface area contributed by atoms with Crippen molar-refractivity contribution in [3.05, 3.63) is 85.2 Å². The van der Waals surface area contributed by atoms with Crippen molar-refractivity contribution in [2.75, 3.05) is 42.1 Å². The quantitative estimate of drug-likeness (QED) is 0.0857. The van der Waals surface area contributed by atoms with E-state index in [2.05, 4.69) is 29.5 Å². The number of carbonyl (C=O) groups is 3. The molecule has 15 heteroatoms. The SMILES string of the molecule is COC(=O)/C(=C/c1cccc(C)c1OC)N=[N+]=[N-].COC(=O)CN=[N+]=[N-].COc1c(C)cccc1C=O.C[O-].[Na+]. The van der Waals surface area contributed by atoms with Crippen molar-refractivity contribution in [3.8, 4) is 11.5 Å². The van der Waals surface area contributed by atoms with Crippen LogP contribution in [0.25, 0.3) is 27.0 Å². The third kappa shape index (κ3) is 15.4. The van der Waals surface area contributed by atoms with Crippen LogP contribution in [0.15, 0.2) is 52.3 Å². The molecule has 210 valence electrons. The summed E-state index contributed by atoms with van der Waals surface area (Å²) in [6, 6.07) is 10.9. The van der Waals surface area contributed by atoms with Crippen LogP contribution in [0.5, 0.6) is 11.5 Å². The molecule has 0 aliphatic heterocycles. The number of esters is 2. The smallest absolute Gasteiger partial charge is 0.857 e. The summed E-state index contributed by atoms with van der Waals surface area (Å²) >= 11 is 0. The molecule has 0 aliphatic rings. The zero-order valence-corrected chi connectivity index (χ0v) is 25.8. The monoisotopic (exact) mass is 566 g/mol. The maximum absolute atomic E-state index is 11.4. The maximum atomic E-state index is 11.4. The summed E-state index contributed by atoms with van der Waals surface area (Å²) in [6.07, 6.45) is 2.23. The van der Waals surface area contributed by atoms with Gasteiger partial charge in [-0.1, -0.05) is 40.6 Å². The van der Waals surface area contributed by atoms with Crippen LogP contribution in [0.2, 0.25) is 0 Å². The molecule has 14 nitrogen and oxygen atoms in total. The van der Waals surface area contributed by atoms with Crippen LogP contribution >= 0.6 is 0 Å². The zero-order chi connectivity index (χ0) is 30.2. The molecule has 0 N–H and O–H groups in total. The van der Waals surface area contributed by atoms with Crippen LogP contribution in [-0.4, -0.2) is 60.3 Å². The standard InChI is InChI=1S/C12H13N3O3.C9H10O2.C3H5N3O2.CH3O.Na/c1-8-5-4-6-9(11(8)17-2)7-10(14-15-13)12(16)18-3;1-7-4-3-5-8(6-10)9(7)11-2;1-8-3(7)2-5-6-4;1-2;/h4-7H,1-3H3;3-6H,1-2H3;2H2,1H3;1H3;/q;;;-1;+1/b10-7-;;;;. The third-order valence-corrected chi connectivity index (χ3v) is 4.35. The van der Waals surface area contributed by atoms with Gasteiger partial charge in [0.15, 0.2) is 6.29 Å². The minimum absolute atomic E-state index is 0. The van der Waals surface area contributed by atoms with E-state index >= 15 is 0 Å². The van der Waals surface area contributed by atoms with E-state index in [1.807, 2.05) is 38.1 Å². The van der Waals surface area contributed by atoms with Crippen molar-refractivity contribution in [1.29, 1.82) is 0 Å². The molecule has 0 unspecified atom stereocenters. The Labute approximate surface area is 254 Å². The fourth-order valence-corrected chi connectivity index (χ4v) is 2.70. The molecule has 0 aromatic heterocycles. The van der Waals surface area contributed by atoms with Crippen molar-refractivity contribution in [1.82, 2.24) is 0 Å². The van der Waals surface area contributed by atoms with Crippen LogP contribution in [-0.2, 0) is 19.1 Å². The Morgan fingerprint density at radius 2 is 1.38 bits per heavy atom. The number of aldehydes is 1. The van der Waals surface area contributed by atoms with Gasteiger partial charge in [-0.25, -0.2) is 4.79 Å². The van der Waals surface area contributed by atoms with Crippen molar-refractivity contribution in [2.24, 2.45) is 10.2 Å². The van der Waals surface area contributed by atoms with Gasteiger partial charge in [0.05, 0.1) is 34.0 Å². The van der Waals surface area contributed by atoms with E-state index < -0.39 is 11.9 Å². The molecule has 0 atom stereocenters. The topological polar surface area (TPSA) is 209 Å². The first-order valence-corrected chi connectivity index (χ1v) is 10.8. The fraction of sp³-hybridized carbons (Fsp3) is 0.320. The number of hydrogen-bond acceptors (Lipinski definition) is 10. The number of carbonyl (C=O) groups excluding carboxylic acids is 3. The second kappa shape index (κ2) is 25.3. The molecule has 0 radical (unpaired) electrons. The van der Waals surface area contributed by atoms with Crippen LogP contribution < -0.4 is 44.1 Å². The van der Waals surface area contributed by atoms with E-state index in [0.29, 0.717) is 22.6 Å². The number of azide groups is 2. The van der Waals surface area contributed by atoms with Gasteiger partial charge in [-0.05, 0) is 48.2 Å². The molecule has 0 saturated carbocycles. The Morgan fingerprint density at radius 1 is 0.875 bits per heavy atom. The first-order chi connectivity index (χ1) is 18.7. The number of ether oxygens (including phenoxy) is 4. The van der Waals surface area contributed by atoms with Crippen molar-refractivity contribution < 1.29 is 68.0 Å². The number of methoxy groups -OCH3 is 4. The maximum Gasteiger partial charge on any atom is 1.00 e. The summed E-state index contributed by atoms with van der Waals surface area (Å²) in [5.41, 5.74) is 19.1. The summed E-state index contributed by atoms with van der Waals surface area (Å²) in [5.74, 6) is 0.0636. The fourth-order valence-electron chi connectivity index (χ4n) is 2.70. The Kier molecular flexibility index (Phi) is 25.6. The minimum atomic E-state index is -0.698. The summed E-state index contributed by atoms with van der Waals surface area (Å²) in [7, 11) is 6.30. The molecular formula is C25H31N6NaO8. The summed E-state index contributed by atoms with van der Waals surface area (Å²) in [6.45, 7) is 3.56. The third-order valence-electron chi connectivity index (χ3n) is 4.35. The summed E-state index contributed by atoms with van der Waals surface area (Å²) in [5, 5.41) is 14.5. The number of nitrogens with zero attached hydrogens (tertiary/aromatic N) is 6. The second-order valence-corrected chi connectivity index (χ2v) is 6.69. The van der Waals surface area contributed by atoms with Crippen LogP contribution in [0.4, 0.5) is 0 Å². The zero-order valence-electron chi connectivity index (χ0n) is 23.8. The second-order valence-electron chi connectivity index (χ2n) is 6.69. The Bertz CT molecular complexity index is 1210. The molecule has 2 rings (SSSR count). The van der Waals surface area contributed by atoms with E-state index in [-0.39, 0.29) is 41.8 Å². The molecule has 2 aromatic rings. The molecule has 0 bridgehead atoms. The van der Waals surface area contributed by atoms with E-state index in [1.54, 1.807) is 19.2 Å². The van der Waals surface area contributed by atoms with E-state index in [1.165, 1.54) is 27.4 Å². The molecular weight excluding hydrogens is 535 g/mol. The van der Waals surface area contributed by atoms with Crippen molar-refractivity contribution >= 4 is 24.3 Å². The summed E-state index contributed by atoms with van der Waals surface area (Å²) in [4.78, 5) is 36.9. The average Bonchev–Trinajstić information content (AvgIpc) is 2.96. The Balaban J connectivity index is -0.000000534. The molecule has 0 spiro atoms. The number of rotatable bonds is 8. The summed E-state index contributed by atoms with van der Waals surface area (Å²) < 4.78 is 18.9. The first-order valence-electron chi connectivity index (χ1n) is 10.8. The number of aryl methyl sites for hydroxylation is 2. The van der Waals surface area contributed by atoms with Crippen LogP contribution in [0.1, 0.15) is 27.0 Å². The van der Waals surface area contributed by atoms with E-state index in [4.69, 9.17) is 25.6 Å². The Hall–Kier alpha value is -4.03. The van der Waals surface area contributed by atoms with Gasteiger partial charge in [0.25, 0.3) is 0 Å². The molecule has 0 heterocycles. The average molecular weight is 567 g/mol. The van der Waals surface area contributed by atoms with Crippen LogP contribution in [0, 0.1) is 13.8 Å². The largest absolute Gasteiger partial charge is 1.00 e. The van der Waals surface area contributed by atoms with Gasteiger partial charge >= 0.3 is 41.5 Å². The molecule has 2 aromatic carbocycles. The van der Waals surface area contributed by atoms with Gasteiger partial charge in [-0.15, -0.1) is 0 Å². The van der Waals surface area contributed by atoms with E-state index in [0.717, 1.165) is 24.5 Å². The predicted octanol–water partition coefficient (Wildman–Crippen LogP) is 1.09. The van der Waals surface area contributed by atoms with Crippen molar-refractivity contribution in [3.63, 3.8) is 0 Å². The van der Waals surface area contributed by atoms with Gasteiger partial charge in [0.1, 0.15) is 23.7 Å². The van der Waals surface area contributed by atoms with Crippen LogP contribution in [0.3, 0.4) is 0 Å². The van der Waals surface area contributed by atoms with Gasteiger partial charge in [-0.2, -0.15) is 7.11 Å². The first kappa shape index (κ1) is 40.5.